The molecule has 0 aliphatic carbocycles. The van der Waals surface area contributed by atoms with Crippen LogP contribution in [-0.4, -0.2) is 51.0 Å². The lowest BCUT2D eigenvalue weighted by Crippen LogP contribution is -2.47. The Balaban J connectivity index is 1.97. The fourth-order valence-electron chi connectivity index (χ4n) is 3.16. The summed E-state index contributed by atoms with van der Waals surface area (Å²) in [6, 6.07) is 8.62. The average Bonchev–Trinajstić information content (AvgIpc) is 2.54. The second-order valence-corrected chi connectivity index (χ2v) is 6.04. The van der Waals surface area contributed by atoms with Gasteiger partial charge in [-0.2, -0.15) is 0 Å². The third-order valence-electron chi connectivity index (χ3n) is 4.93. The summed E-state index contributed by atoms with van der Waals surface area (Å²) in [5.41, 5.74) is 2.54. The van der Waals surface area contributed by atoms with Gasteiger partial charge in [-0.15, -0.1) is 0 Å². The Morgan fingerprint density at radius 1 is 1.24 bits per heavy atom. The number of benzene rings is 1. The van der Waals surface area contributed by atoms with Crippen LogP contribution in [0.1, 0.15) is 26.2 Å². The zero-order chi connectivity index (χ0) is 15.3. The Bertz CT molecular complexity index is 437. The highest BCUT2D eigenvalue weighted by atomic mass is 16.3. The van der Waals surface area contributed by atoms with Gasteiger partial charge in [0.2, 0.25) is 0 Å². The molecule has 0 spiro atoms. The first-order chi connectivity index (χ1) is 10.2. The van der Waals surface area contributed by atoms with Gasteiger partial charge in [-0.1, -0.05) is 19.1 Å². The predicted molar refractivity (Wildman–Crippen MR) is 90.3 cm³/mol. The van der Waals surface area contributed by atoms with E-state index in [1.54, 1.807) is 0 Å². The lowest BCUT2D eigenvalue weighted by molar-refractivity contribution is 0.153. The lowest BCUT2D eigenvalue weighted by Gasteiger charge is -2.38. The molecule has 2 rings (SSSR count). The molecule has 1 aliphatic heterocycles. The Hall–Kier alpha value is -1.26. The van der Waals surface area contributed by atoms with Crippen LogP contribution < -0.4 is 15.1 Å². The number of fused-ring (bicyclic) bond motifs is 1. The molecule has 0 radical (unpaired) electrons. The van der Waals surface area contributed by atoms with E-state index < -0.39 is 0 Å². The van der Waals surface area contributed by atoms with Gasteiger partial charge in [-0.05, 0) is 38.4 Å². The summed E-state index contributed by atoms with van der Waals surface area (Å²) in [6.45, 7) is 5.54. The molecular weight excluding hydrogens is 262 g/mol. The van der Waals surface area contributed by atoms with Gasteiger partial charge in [0.1, 0.15) is 0 Å². The van der Waals surface area contributed by atoms with E-state index in [0.717, 1.165) is 38.9 Å². The summed E-state index contributed by atoms with van der Waals surface area (Å²) in [5.74, 6) is 0. The van der Waals surface area contributed by atoms with Crippen LogP contribution in [0.5, 0.6) is 0 Å². The highest BCUT2D eigenvalue weighted by Gasteiger charge is 2.25. The largest absolute Gasteiger partial charge is 0.394 e. The van der Waals surface area contributed by atoms with Crippen molar-refractivity contribution in [3.8, 4) is 0 Å². The van der Waals surface area contributed by atoms with Crippen molar-refractivity contribution in [1.82, 2.24) is 5.32 Å². The van der Waals surface area contributed by atoms with Crippen molar-refractivity contribution >= 4 is 11.4 Å². The molecule has 1 atom stereocenters. The predicted octanol–water partition coefficient (Wildman–Crippen LogP) is 2.08. The van der Waals surface area contributed by atoms with Gasteiger partial charge in [0.15, 0.2) is 0 Å². The third-order valence-corrected chi connectivity index (χ3v) is 4.93. The molecule has 4 heteroatoms. The Morgan fingerprint density at radius 3 is 2.57 bits per heavy atom. The molecule has 0 aromatic heterocycles. The molecule has 0 bridgehead atoms. The zero-order valence-corrected chi connectivity index (χ0v) is 13.6. The third kappa shape index (κ3) is 3.50. The molecular formula is C17H29N3O. The van der Waals surface area contributed by atoms with Gasteiger partial charge < -0.3 is 20.2 Å². The Morgan fingerprint density at radius 2 is 1.95 bits per heavy atom. The number of para-hydroxylation sites is 2. The minimum absolute atomic E-state index is 0.119. The molecule has 1 unspecified atom stereocenters. The van der Waals surface area contributed by atoms with Crippen molar-refractivity contribution < 1.29 is 5.11 Å². The van der Waals surface area contributed by atoms with E-state index in [1.165, 1.54) is 11.4 Å². The summed E-state index contributed by atoms with van der Waals surface area (Å²) in [6.07, 6.45) is 3.05. The summed E-state index contributed by atoms with van der Waals surface area (Å²) in [7, 11) is 4.11. The quantitative estimate of drug-likeness (QED) is 0.807. The molecule has 1 aromatic rings. The number of hydrogen-bond acceptors (Lipinski definition) is 4. The van der Waals surface area contributed by atoms with Crippen molar-refractivity contribution in [2.45, 2.75) is 31.7 Å². The number of hydrogen-bond donors (Lipinski definition) is 2. The van der Waals surface area contributed by atoms with Crippen LogP contribution in [0, 0.1) is 0 Å². The molecule has 0 fully saturated rings. The van der Waals surface area contributed by atoms with Crippen LogP contribution in [0.25, 0.3) is 0 Å². The normalized spacial score (nSPS) is 17.5. The van der Waals surface area contributed by atoms with E-state index in [9.17, 15) is 5.11 Å². The molecule has 21 heavy (non-hydrogen) atoms. The van der Waals surface area contributed by atoms with Crippen molar-refractivity contribution in [3.05, 3.63) is 24.3 Å². The van der Waals surface area contributed by atoms with Gasteiger partial charge in [0.25, 0.3) is 0 Å². The molecule has 0 saturated heterocycles. The van der Waals surface area contributed by atoms with Crippen LogP contribution in [0.3, 0.4) is 0 Å². The lowest BCUT2D eigenvalue weighted by atomic mass is 9.91. The summed E-state index contributed by atoms with van der Waals surface area (Å²) < 4.78 is 0. The van der Waals surface area contributed by atoms with E-state index in [4.69, 9.17) is 0 Å². The molecule has 1 aromatic carbocycles. The summed E-state index contributed by atoms with van der Waals surface area (Å²) in [4.78, 5) is 4.80. The summed E-state index contributed by atoms with van der Waals surface area (Å²) >= 11 is 0. The molecule has 2 N–H and O–H groups in total. The number of nitrogens with zero attached hydrogens (tertiary/aromatic N) is 2. The summed E-state index contributed by atoms with van der Waals surface area (Å²) in [5, 5.41) is 12.9. The monoisotopic (exact) mass is 291 g/mol. The van der Waals surface area contributed by atoms with Crippen LogP contribution in [0.4, 0.5) is 11.4 Å². The fraction of sp³-hybridized carbons (Fsp3) is 0.647. The first kappa shape index (κ1) is 16.1. The highest BCUT2D eigenvalue weighted by molar-refractivity contribution is 5.72. The van der Waals surface area contributed by atoms with Gasteiger partial charge in [-0.3, -0.25) is 0 Å². The number of aliphatic hydroxyl groups excluding tert-OH is 1. The SMILES string of the molecule is CCC(CO)(CCCN1CCN(C)c2ccccc21)NC. The van der Waals surface area contributed by atoms with E-state index in [1.807, 2.05) is 7.05 Å². The van der Waals surface area contributed by atoms with Crippen LogP contribution >= 0.6 is 0 Å². The molecule has 1 aliphatic rings. The van der Waals surface area contributed by atoms with Crippen LogP contribution in [0.2, 0.25) is 0 Å². The number of likely N-dealkylation sites (N-methyl/N-ethyl adjacent to an activating group) is 2. The first-order valence-corrected chi connectivity index (χ1v) is 8.00. The topological polar surface area (TPSA) is 38.7 Å². The minimum Gasteiger partial charge on any atom is -0.394 e. The average molecular weight is 291 g/mol. The van der Waals surface area contributed by atoms with E-state index in [-0.39, 0.29) is 12.1 Å². The zero-order valence-electron chi connectivity index (χ0n) is 13.6. The van der Waals surface area contributed by atoms with Crippen molar-refractivity contribution in [2.24, 2.45) is 0 Å². The van der Waals surface area contributed by atoms with E-state index in [2.05, 4.69) is 53.4 Å². The van der Waals surface area contributed by atoms with Gasteiger partial charge >= 0.3 is 0 Å². The highest BCUT2D eigenvalue weighted by Crippen LogP contribution is 2.32. The molecule has 4 nitrogen and oxygen atoms in total. The Kier molecular flexibility index (Phi) is 5.48. The smallest absolute Gasteiger partial charge is 0.0613 e. The van der Waals surface area contributed by atoms with Gasteiger partial charge in [0, 0.05) is 32.2 Å². The van der Waals surface area contributed by atoms with Crippen LogP contribution in [0.15, 0.2) is 24.3 Å². The van der Waals surface area contributed by atoms with E-state index >= 15 is 0 Å². The second kappa shape index (κ2) is 7.14. The van der Waals surface area contributed by atoms with Crippen LogP contribution in [-0.2, 0) is 0 Å². The Labute approximate surface area is 128 Å². The molecule has 0 amide bonds. The van der Waals surface area contributed by atoms with Crippen molar-refractivity contribution in [3.63, 3.8) is 0 Å². The van der Waals surface area contributed by atoms with Crippen molar-refractivity contribution in [1.29, 1.82) is 0 Å². The number of anilines is 2. The molecule has 0 saturated carbocycles. The number of rotatable bonds is 7. The maximum absolute atomic E-state index is 9.62. The first-order valence-electron chi connectivity index (χ1n) is 8.00. The molecule has 1 heterocycles. The standard InChI is InChI=1S/C17H29N3O/c1-4-17(14-21,18-2)10-7-11-20-13-12-19(3)15-8-5-6-9-16(15)20/h5-6,8-9,18,21H,4,7,10-14H2,1-3H3. The maximum atomic E-state index is 9.62. The maximum Gasteiger partial charge on any atom is 0.0613 e. The molecule has 118 valence electrons. The van der Waals surface area contributed by atoms with E-state index in [0.29, 0.717) is 0 Å². The fourth-order valence-corrected chi connectivity index (χ4v) is 3.16. The van der Waals surface area contributed by atoms with Gasteiger partial charge in [-0.25, -0.2) is 0 Å². The minimum atomic E-state index is -0.119. The number of nitrogens with one attached hydrogen (secondary N) is 1. The second-order valence-electron chi connectivity index (χ2n) is 6.04. The number of aliphatic hydroxyl groups is 1. The van der Waals surface area contributed by atoms with Crippen molar-refractivity contribution in [2.75, 3.05) is 50.1 Å². The van der Waals surface area contributed by atoms with Gasteiger partial charge in [0.05, 0.1) is 18.0 Å².